The summed E-state index contributed by atoms with van der Waals surface area (Å²) in [4.78, 5) is 17.3. The third kappa shape index (κ3) is 4.57. The Balaban J connectivity index is 2.44. The number of aryl methyl sites for hydroxylation is 1. The first kappa shape index (κ1) is 19.8. The fourth-order valence-electron chi connectivity index (χ4n) is 3.06. The Labute approximate surface area is 157 Å². The lowest BCUT2D eigenvalue weighted by atomic mass is 10.0. The smallest absolute Gasteiger partial charge is 0.254 e. The van der Waals surface area contributed by atoms with Crippen molar-refractivity contribution in [1.82, 2.24) is 4.90 Å². The maximum absolute atomic E-state index is 13.3. The molecule has 140 valence electrons. The van der Waals surface area contributed by atoms with Gasteiger partial charge < -0.3 is 15.5 Å². The van der Waals surface area contributed by atoms with Gasteiger partial charge in [-0.05, 0) is 55.7 Å². The topological polar surface area (TPSA) is 49.6 Å². The van der Waals surface area contributed by atoms with Gasteiger partial charge in [0.05, 0.1) is 0 Å². The Morgan fingerprint density at radius 2 is 1.77 bits per heavy atom. The first-order valence-electron chi connectivity index (χ1n) is 9.14. The van der Waals surface area contributed by atoms with Crippen LogP contribution in [0.1, 0.15) is 42.3 Å². The van der Waals surface area contributed by atoms with Crippen molar-refractivity contribution >= 4 is 17.3 Å². The standard InChI is InChI=1S/C22H31N3O/c1-15(2)17(4)25(22(26)18-9-7-8-16(3)12-18)14-19-13-20(23)10-11-21(19)24(5)6/h7-13,15,17H,14,23H2,1-6H3/t17-/m1/s1. The van der Waals surface area contributed by atoms with Crippen molar-refractivity contribution in [3.63, 3.8) is 0 Å². The molecule has 0 saturated carbocycles. The van der Waals surface area contributed by atoms with Crippen LogP contribution in [0, 0.1) is 12.8 Å². The molecule has 1 amide bonds. The summed E-state index contributed by atoms with van der Waals surface area (Å²) in [6.07, 6.45) is 0. The lowest BCUT2D eigenvalue weighted by Crippen LogP contribution is -2.41. The summed E-state index contributed by atoms with van der Waals surface area (Å²) in [5.41, 5.74) is 10.7. The third-order valence-electron chi connectivity index (χ3n) is 4.91. The van der Waals surface area contributed by atoms with Crippen molar-refractivity contribution in [3.8, 4) is 0 Å². The summed E-state index contributed by atoms with van der Waals surface area (Å²) in [5, 5.41) is 0. The second-order valence-corrected chi connectivity index (χ2v) is 7.57. The third-order valence-corrected chi connectivity index (χ3v) is 4.91. The number of carbonyl (C=O) groups excluding carboxylic acids is 1. The highest BCUT2D eigenvalue weighted by molar-refractivity contribution is 5.94. The van der Waals surface area contributed by atoms with Crippen LogP contribution in [0.15, 0.2) is 42.5 Å². The minimum Gasteiger partial charge on any atom is -0.399 e. The molecule has 0 aliphatic heterocycles. The summed E-state index contributed by atoms with van der Waals surface area (Å²) in [7, 11) is 4.02. The van der Waals surface area contributed by atoms with Crippen LogP contribution in [-0.4, -0.2) is 30.9 Å². The van der Waals surface area contributed by atoms with Crippen LogP contribution in [0.5, 0.6) is 0 Å². The Hall–Kier alpha value is -2.49. The highest BCUT2D eigenvalue weighted by atomic mass is 16.2. The fraction of sp³-hybridized carbons (Fsp3) is 0.409. The van der Waals surface area contributed by atoms with Crippen LogP contribution in [-0.2, 0) is 6.54 Å². The number of nitrogens with two attached hydrogens (primary N) is 1. The Bertz CT molecular complexity index is 768. The summed E-state index contributed by atoms with van der Waals surface area (Å²) < 4.78 is 0. The molecular weight excluding hydrogens is 322 g/mol. The Morgan fingerprint density at radius 1 is 1.08 bits per heavy atom. The maximum atomic E-state index is 13.3. The van der Waals surface area contributed by atoms with Crippen molar-refractivity contribution in [2.75, 3.05) is 24.7 Å². The number of nitrogens with zero attached hydrogens (tertiary/aromatic N) is 2. The van der Waals surface area contributed by atoms with Crippen molar-refractivity contribution in [3.05, 3.63) is 59.2 Å². The van der Waals surface area contributed by atoms with Crippen LogP contribution in [0.3, 0.4) is 0 Å². The van der Waals surface area contributed by atoms with Gasteiger partial charge in [-0.3, -0.25) is 4.79 Å². The second-order valence-electron chi connectivity index (χ2n) is 7.57. The van der Waals surface area contributed by atoms with Crippen LogP contribution in [0.2, 0.25) is 0 Å². The molecule has 26 heavy (non-hydrogen) atoms. The summed E-state index contributed by atoms with van der Waals surface area (Å²) in [6.45, 7) is 8.94. The lowest BCUT2D eigenvalue weighted by Gasteiger charge is -2.33. The average Bonchev–Trinajstić information content (AvgIpc) is 2.58. The molecule has 0 bridgehead atoms. The molecule has 0 spiro atoms. The number of hydrogen-bond donors (Lipinski definition) is 1. The number of benzene rings is 2. The molecule has 0 aliphatic rings. The predicted molar refractivity (Wildman–Crippen MR) is 111 cm³/mol. The van der Waals surface area contributed by atoms with E-state index in [0.717, 1.165) is 22.4 Å². The van der Waals surface area contributed by atoms with E-state index in [4.69, 9.17) is 5.73 Å². The van der Waals surface area contributed by atoms with E-state index in [0.29, 0.717) is 18.2 Å². The first-order valence-corrected chi connectivity index (χ1v) is 9.14. The molecule has 2 aromatic rings. The minimum atomic E-state index is 0.0574. The molecular formula is C22H31N3O. The lowest BCUT2D eigenvalue weighted by molar-refractivity contribution is 0.0628. The molecule has 0 saturated heterocycles. The summed E-state index contributed by atoms with van der Waals surface area (Å²) >= 11 is 0. The highest BCUT2D eigenvalue weighted by Gasteiger charge is 2.25. The highest BCUT2D eigenvalue weighted by Crippen LogP contribution is 2.26. The van der Waals surface area contributed by atoms with Gasteiger partial charge in [0.2, 0.25) is 0 Å². The Morgan fingerprint density at radius 3 is 2.35 bits per heavy atom. The molecule has 0 aliphatic carbocycles. The van der Waals surface area contributed by atoms with E-state index in [1.807, 2.05) is 68.4 Å². The quantitative estimate of drug-likeness (QED) is 0.786. The van der Waals surface area contributed by atoms with Crippen molar-refractivity contribution in [2.24, 2.45) is 5.92 Å². The zero-order valence-corrected chi connectivity index (χ0v) is 16.8. The number of nitrogen functional groups attached to an aromatic ring is 1. The maximum Gasteiger partial charge on any atom is 0.254 e. The number of hydrogen-bond acceptors (Lipinski definition) is 3. The normalized spacial score (nSPS) is 12.1. The van der Waals surface area contributed by atoms with Crippen LogP contribution >= 0.6 is 0 Å². The number of amides is 1. The van der Waals surface area contributed by atoms with E-state index in [1.165, 1.54) is 0 Å². The molecule has 0 unspecified atom stereocenters. The molecule has 0 radical (unpaired) electrons. The zero-order valence-electron chi connectivity index (χ0n) is 16.8. The molecule has 4 heteroatoms. The van der Waals surface area contributed by atoms with Crippen LogP contribution in [0.25, 0.3) is 0 Å². The van der Waals surface area contributed by atoms with Gasteiger partial charge in [-0.25, -0.2) is 0 Å². The second kappa shape index (κ2) is 8.26. The van der Waals surface area contributed by atoms with Gasteiger partial charge >= 0.3 is 0 Å². The van der Waals surface area contributed by atoms with Gasteiger partial charge in [0.15, 0.2) is 0 Å². The predicted octanol–water partition coefficient (Wildman–Crippen LogP) is 4.33. The summed E-state index contributed by atoms with van der Waals surface area (Å²) in [6, 6.07) is 13.8. The van der Waals surface area contributed by atoms with Crippen LogP contribution < -0.4 is 10.6 Å². The average molecular weight is 354 g/mol. The molecule has 2 rings (SSSR count). The van der Waals surface area contributed by atoms with E-state index in [2.05, 4.69) is 25.7 Å². The first-order chi connectivity index (χ1) is 12.2. The van der Waals surface area contributed by atoms with Gasteiger partial charge in [-0.1, -0.05) is 31.5 Å². The molecule has 0 aromatic heterocycles. The van der Waals surface area contributed by atoms with Gasteiger partial charge in [0.25, 0.3) is 5.91 Å². The van der Waals surface area contributed by atoms with E-state index in [9.17, 15) is 4.79 Å². The van der Waals surface area contributed by atoms with Crippen LogP contribution in [0.4, 0.5) is 11.4 Å². The molecule has 4 nitrogen and oxygen atoms in total. The molecule has 0 heterocycles. The molecule has 2 aromatic carbocycles. The van der Waals surface area contributed by atoms with Crippen molar-refractivity contribution in [1.29, 1.82) is 0 Å². The van der Waals surface area contributed by atoms with E-state index in [-0.39, 0.29) is 11.9 Å². The largest absolute Gasteiger partial charge is 0.399 e. The Kier molecular flexibility index (Phi) is 6.30. The number of rotatable bonds is 6. The molecule has 0 fully saturated rings. The molecule has 1 atom stereocenters. The SMILES string of the molecule is Cc1cccc(C(=O)N(Cc2cc(N)ccc2N(C)C)[C@H](C)C(C)C)c1. The zero-order chi connectivity index (χ0) is 19.4. The number of anilines is 2. The minimum absolute atomic E-state index is 0.0574. The van der Waals surface area contributed by atoms with Gasteiger partial charge in [-0.15, -0.1) is 0 Å². The molecule has 2 N–H and O–H groups in total. The van der Waals surface area contributed by atoms with E-state index >= 15 is 0 Å². The fourth-order valence-corrected chi connectivity index (χ4v) is 3.06. The van der Waals surface area contributed by atoms with Crippen molar-refractivity contribution in [2.45, 2.75) is 40.3 Å². The summed E-state index contributed by atoms with van der Waals surface area (Å²) in [5.74, 6) is 0.412. The van der Waals surface area contributed by atoms with Gasteiger partial charge in [0, 0.05) is 43.6 Å². The van der Waals surface area contributed by atoms with Gasteiger partial charge in [-0.2, -0.15) is 0 Å². The number of carbonyl (C=O) groups is 1. The van der Waals surface area contributed by atoms with E-state index in [1.54, 1.807) is 0 Å². The monoisotopic (exact) mass is 353 g/mol. The van der Waals surface area contributed by atoms with Crippen molar-refractivity contribution < 1.29 is 4.79 Å². The van der Waals surface area contributed by atoms with Gasteiger partial charge in [0.1, 0.15) is 0 Å². The van der Waals surface area contributed by atoms with E-state index < -0.39 is 0 Å².